The zero-order valence-electron chi connectivity index (χ0n) is 13.9. The molecule has 2 N–H and O–H groups in total. The number of methoxy groups -OCH3 is 1. The maximum absolute atomic E-state index is 5.32. The first-order valence-electron chi connectivity index (χ1n) is 8.20. The van der Waals surface area contributed by atoms with Crippen LogP contribution in [0.5, 0.6) is 5.75 Å². The van der Waals surface area contributed by atoms with E-state index in [0.29, 0.717) is 5.11 Å². The predicted molar refractivity (Wildman–Crippen MR) is 101 cm³/mol. The van der Waals surface area contributed by atoms with Gasteiger partial charge < -0.3 is 10.1 Å². The van der Waals surface area contributed by atoms with Crippen LogP contribution >= 0.6 is 12.2 Å². The highest BCUT2D eigenvalue weighted by molar-refractivity contribution is 7.80. The number of thiocarbonyl (C=S) groups is 1. The molecule has 1 aliphatic rings. The molecular weight excluding hydrogens is 306 g/mol. The lowest BCUT2D eigenvalue weighted by Gasteiger charge is -2.12. The molecule has 124 valence electrons. The van der Waals surface area contributed by atoms with Gasteiger partial charge in [-0.05, 0) is 55.6 Å². The van der Waals surface area contributed by atoms with Crippen LogP contribution in [0.25, 0.3) is 0 Å². The Balaban J connectivity index is 1.89. The van der Waals surface area contributed by atoms with Gasteiger partial charge in [0, 0.05) is 0 Å². The van der Waals surface area contributed by atoms with E-state index in [1.165, 1.54) is 24.8 Å². The minimum absolute atomic E-state index is 0.474. The molecule has 0 unspecified atom stereocenters. The van der Waals surface area contributed by atoms with Crippen molar-refractivity contribution in [1.82, 2.24) is 5.43 Å². The van der Waals surface area contributed by atoms with Crippen molar-refractivity contribution in [1.29, 1.82) is 0 Å². The smallest absolute Gasteiger partial charge is 0.191 e. The lowest BCUT2D eigenvalue weighted by Crippen LogP contribution is -2.25. The molecule has 0 saturated carbocycles. The summed E-state index contributed by atoms with van der Waals surface area (Å²) in [5.74, 6) is 0.755. The molecule has 0 aromatic heterocycles. The van der Waals surface area contributed by atoms with Crippen molar-refractivity contribution in [3.63, 3.8) is 0 Å². The highest BCUT2D eigenvalue weighted by Gasteiger charge is 2.13. The van der Waals surface area contributed by atoms with Crippen molar-refractivity contribution >= 4 is 28.7 Å². The molecule has 2 rings (SSSR count). The number of anilines is 1. The monoisotopic (exact) mass is 331 g/mol. The zero-order valence-corrected chi connectivity index (χ0v) is 14.7. The SMILES string of the molecule is CCCCCC1=CCC/C1=N/NC(=S)Nc1ccccc1OC. The average molecular weight is 331 g/mol. The third-order valence-corrected chi connectivity index (χ3v) is 4.03. The van der Waals surface area contributed by atoms with Gasteiger partial charge >= 0.3 is 0 Å². The van der Waals surface area contributed by atoms with Crippen LogP contribution in [0.15, 0.2) is 41.0 Å². The maximum Gasteiger partial charge on any atom is 0.191 e. The summed E-state index contributed by atoms with van der Waals surface area (Å²) in [6.07, 6.45) is 9.22. The van der Waals surface area contributed by atoms with Gasteiger partial charge in [-0.3, -0.25) is 5.43 Å². The Hall–Kier alpha value is -1.88. The molecule has 0 atom stereocenters. The van der Waals surface area contributed by atoms with E-state index in [1.807, 2.05) is 24.3 Å². The highest BCUT2D eigenvalue weighted by Crippen LogP contribution is 2.23. The molecular formula is C18H25N3OS. The highest BCUT2D eigenvalue weighted by atomic mass is 32.1. The van der Waals surface area contributed by atoms with E-state index in [-0.39, 0.29) is 0 Å². The van der Waals surface area contributed by atoms with Crippen molar-refractivity contribution in [3.05, 3.63) is 35.9 Å². The number of hydrogen-bond acceptors (Lipinski definition) is 3. The molecule has 0 bridgehead atoms. The molecule has 0 spiro atoms. The number of hydrogen-bond donors (Lipinski definition) is 2. The number of rotatable bonds is 7. The number of allylic oxidation sites excluding steroid dienone is 2. The van der Waals surface area contributed by atoms with Crippen LogP contribution < -0.4 is 15.5 Å². The predicted octanol–water partition coefficient (Wildman–Crippen LogP) is 4.64. The zero-order chi connectivity index (χ0) is 16.5. The maximum atomic E-state index is 5.32. The number of nitrogens with zero attached hydrogens (tertiary/aromatic N) is 1. The van der Waals surface area contributed by atoms with E-state index in [9.17, 15) is 0 Å². The van der Waals surface area contributed by atoms with Crippen LogP contribution in [-0.4, -0.2) is 17.9 Å². The number of para-hydroxylation sites is 2. The number of nitrogens with one attached hydrogen (secondary N) is 2. The van der Waals surface area contributed by atoms with Crippen molar-refractivity contribution in [2.45, 2.75) is 45.4 Å². The van der Waals surface area contributed by atoms with Gasteiger partial charge in [0.25, 0.3) is 0 Å². The van der Waals surface area contributed by atoms with E-state index in [0.717, 1.165) is 36.4 Å². The molecule has 0 saturated heterocycles. The van der Waals surface area contributed by atoms with Crippen LogP contribution in [0, 0.1) is 0 Å². The molecule has 23 heavy (non-hydrogen) atoms. The second kappa shape index (κ2) is 9.30. The Morgan fingerprint density at radius 2 is 2.13 bits per heavy atom. The van der Waals surface area contributed by atoms with Gasteiger partial charge in [-0.2, -0.15) is 5.10 Å². The lowest BCUT2D eigenvalue weighted by atomic mass is 10.1. The second-order valence-corrected chi connectivity index (χ2v) is 5.96. The van der Waals surface area contributed by atoms with E-state index in [2.05, 4.69) is 28.8 Å². The van der Waals surface area contributed by atoms with Gasteiger partial charge in [-0.1, -0.05) is 38.0 Å². The Morgan fingerprint density at radius 3 is 2.91 bits per heavy atom. The van der Waals surface area contributed by atoms with E-state index in [4.69, 9.17) is 17.0 Å². The van der Waals surface area contributed by atoms with Crippen molar-refractivity contribution < 1.29 is 4.74 Å². The Bertz CT molecular complexity index is 596. The van der Waals surface area contributed by atoms with Crippen LogP contribution in [0.1, 0.15) is 45.4 Å². The summed E-state index contributed by atoms with van der Waals surface area (Å²) < 4.78 is 5.30. The molecule has 1 aromatic rings. The summed E-state index contributed by atoms with van der Waals surface area (Å²) in [7, 11) is 1.64. The fourth-order valence-electron chi connectivity index (χ4n) is 2.62. The van der Waals surface area contributed by atoms with E-state index in [1.54, 1.807) is 7.11 Å². The minimum atomic E-state index is 0.474. The van der Waals surface area contributed by atoms with Gasteiger partial charge in [0.05, 0.1) is 18.5 Å². The summed E-state index contributed by atoms with van der Waals surface area (Å²) in [6.45, 7) is 2.22. The molecule has 1 aromatic carbocycles. The largest absolute Gasteiger partial charge is 0.495 e. The fraction of sp³-hybridized carbons (Fsp3) is 0.444. The summed E-state index contributed by atoms with van der Waals surface area (Å²) >= 11 is 5.32. The molecule has 4 nitrogen and oxygen atoms in total. The second-order valence-electron chi connectivity index (χ2n) is 5.55. The van der Waals surface area contributed by atoms with E-state index < -0.39 is 0 Å². The third kappa shape index (κ3) is 5.36. The van der Waals surface area contributed by atoms with Gasteiger partial charge in [-0.25, -0.2) is 0 Å². The molecule has 5 heteroatoms. The van der Waals surface area contributed by atoms with Gasteiger partial charge in [0.2, 0.25) is 0 Å². The topological polar surface area (TPSA) is 45.7 Å². The fourth-order valence-corrected chi connectivity index (χ4v) is 2.77. The summed E-state index contributed by atoms with van der Waals surface area (Å²) in [5, 5.41) is 8.08. The van der Waals surface area contributed by atoms with Crippen molar-refractivity contribution in [2.75, 3.05) is 12.4 Å². The first-order valence-corrected chi connectivity index (χ1v) is 8.61. The molecule has 0 amide bonds. The summed E-state index contributed by atoms with van der Waals surface area (Å²) in [4.78, 5) is 0. The molecule has 1 aliphatic carbocycles. The number of benzene rings is 1. The van der Waals surface area contributed by atoms with Gasteiger partial charge in [-0.15, -0.1) is 0 Å². The number of ether oxygens (including phenoxy) is 1. The first-order chi connectivity index (χ1) is 11.2. The van der Waals surface area contributed by atoms with Crippen molar-refractivity contribution in [2.24, 2.45) is 5.10 Å². The molecule has 0 aliphatic heterocycles. The molecule has 0 radical (unpaired) electrons. The first kappa shape index (κ1) is 17.5. The van der Waals surface area contributed by atoms with Crippen LogP contribution in [0.3, 0.4) is 0 Å². The van der Waals surface area contributed by atoms with Gasteiger partial charge in [0.1, 0.15) is 5.75 Å². The van der Waals surface area contributed by atoms with Gasteiger partial charge in [0.15, 0.2) is 5.11 Å². The normalized spacial score (nSPS) is 15.4. The summed E-state index contributed by atoms with van der Waals surface area (Å²) in [5.41, 5.74) is 6.28. The van der Waals surface area contributed by atoms with Crippen LogP contribution in [0.4, 0.5) is 5.69 Å². The standard InChI is InChI=1S/C18H25N3OS/c1-3-4-5-9-14-10-8-12-15(14)20-21-18(23)19-16-11-6-7-13-17(16)22-2/h6-7,10-11,13H,3-5,8-9,12H2,1-2H3,(H2,19,21,23)/b20-15-. The summed E-state index contributed by atoms with van der Waals surface area (Å²) in [6, 6.07) is 7.67. The Labute approximate surface area is 144 Å². The average Bonchev–Trinajstić information content (AvgIpc) is 3.01. The van der Waals surface area contributed by atoms with Crippen molar-refractivity contribution in [3.8, 4) is 5.75 Å². The third-order valence-electron chi connectivity index (χ3n) is 3.84. The number of hydrazone groups is 1. The quantitative estimate of drug-likeness (QED) is 0.434. The number of unbranched alkanes of at least 4 members (excludes halogenated alkanes) is 2. The molecule has 0 fully saturated rings. The van der Waals surface area contributed by atoms with E-state index >= 15 is 0 Å². The Morgan fingerprint density at radius 1 is 1.30 bits per heavy atom. The van der Waals surface area contributed by atoms with Crippen LogP contribution in [-0.2, 0) is 0 Å². The molecule has 0 heterocycles. The van der Waals surface area contributed by atoms with Crippen LogP contribution in [0.2, 0.25) is 0 Å². The Kier molecular flexibility index (Phi) is 7.07. The minimum Gasteiger partial charge on any atom is -0.495 e. The lowest BCUT2D eigenvalue weighted by molar-refractivity contribution is 0.417.